The van der Waals surface area contributed by atoms with Gasteiger partial charge in [0, 0.05) is 19.5 Å². The van der Waals surface area contributed by atoms with Gasteiger partial charge < -0.3 is 15.0 Å². The van der Waals surface area contributed by atoms with Gasteiger partial charge in [-0.15, -0.1) is 0 Å². The predicted octanol–water partition coefficient (Wildman–Crippen LogP) is 2.74. The van der Waals surface area contributed by atoms with Crippen LogP contribution in [0.25, 0.3) is 0 Å². The number of amides is 2. The number of methoxy groups -OCH3 is 1. The normalized spacial score (nSPS) is 18.4. The molecule has 1 N–H and O–H groups in total. The van der Waals surface area contributed by atoms with Gasteiger partial charge in [-0.1, -0.05) is 32.4 Å². The molecule has 1 aromatic carbocycles. The molecule has 2 rings (SSSR count). The van der Waals surface area contributed by atoms with Gasteiger partial charge in [0.1, 0.15) is 11.8 Å². The Morgan fingerprint density at radius 2 is 2.17 bits per heavy atom. The second kappa shape index (κ2) is 8.71. The molecule has 0 aliphatic carbocycles. The third kappa shape index (κ3) is 4.98. The number of rotatable bonds is 6. The van der Waals surface area contributed by atoms with E-state index in [1.54, 1.807) is 12.0 Å². The van der Waals surface area contributed by atoms with Gasteiger partial charge in [-0.2, -0.15) is 0 Å². The Kier molecular flexibility index (Phi) is 6.64. The second-order valence-corrected chi connectivity index (χ2v) is 6.77. The van der Waals surface area contributed by atoms with Gasteiger partial charge >= 0.3 is 0 Å². The fourth-order valence-electron chi connectivity index (χ4n) is 2.95. The van der Waals surface area contributed by atoms with E-state index in [0.29, 0.717) is 25.4 Å². The van der Waals surface area contributed by atoms with Crippen LogP contribution in [-0.4, -0.2) is 36.4 Å². The van der Waals surface area contributed by atoms with E-state index in [9.17, 15) is 9.59 Å². The highest BCUT2D eigenvalue weighted by Crippen LogP contribution is 2.22. The Labute approximate surface area is 144 Å². The molecule has 24 heavy (non-hydrogen) atoms. The average Bonchev–Trinajstić information content (AvgIpc) is 2.75. The lowest BCUT2D eigenvalue weighted by Gasteiger charge is -2.29. The molecule has 5 nitrogen and oxygen atoms in total. The van der Waals surface area contributed by atoms with E-state index in [0.717, 1.165) is 30.6 Å². The predicted molar refractivity (Wildman–Crippen MR) is 93.6 cm³/mol. The maximum atomic E-state index is 12.6. The SMILES string of the molecule is COc1cccc(CN2C(=O)CCCC[C@H]2C(=O)NCC(C)C)c1. The van der Waals surface area contributed by atoms with Crippen LogP contribution in [0.2, 0.25) is 0 Å². The number of likely N-dealkylation sites (tertiary alicyclic amines) is 1. The van der Waals surface area contributed by atoms with Crippen molar-refractivity contribution in [1.29, 1.82) is 0 Å². The van der Waals surface area contributed by atoms with Gasteiger partial charge in [0.05, 0.1) is 7.11 Å². The smallest absolute Gasteiger partial charge is 0.242 e. The number of benzene rings is 1. The number of ether oxygens (including phenoxy) is 1. The largest absolute Gasteiger partial charge is 0.497 e. The Balaban J connectivity index is 2.16. The van der Waals surface area contributed by atoms with Crippen LogP contribution in [0, 0.1) is 5.92 Å². The summed E-state index contributed by atoms with van der Waals surface area (Å²) < 4.78 is 5.25. The molecule has 0 unspecified atom stereocenters. The van der Waals surface area contributed by atoms with Crippen LogP contribution in [0.15, 0.2) is 24.3 Å². The van der Waals surface area contributed by atoms with Crippen molar-refractivity contribution in [3.8, 4) is 5.75 Å². The minimum Gasteiger partial charge on any atom is -0.497 e. The van der Waals surface area contributed by atoms with E-state index < -0.39 is 0 Å². The summed E-state index contributed by atoms with van der Waals surface area (Å²) in [6.07, 6.45) is 2.99. The molecule has 1 aliphatic heterocycles. The molecular weight excluding hydrogens is 304 g/mol. The van der Waals surface area contributed by atoms with Crippen LogP contribution in [0.4, 0.5) is 0 Å². The first kappa shape index (κ1) is 18.3. The number of hydrogen-bond donors (Lipinski definition) is 1. The molecule has 0 saturated carbocycles. The third-order valence-corrected chi connectivity index (χ3v) is 4.29. The van der Waals surface area contributed by atoms with Crippen molar-refractivity contribution < 1.29 is 14.3 Å². The Morgan fingerprint density at radius 3 is 2.88 bits per heavy atom. The molecule has 1 heterocycles. The van der Waals surface area contributed by atoms with Crippen molar-refractivity contribution in [3.05, 3.63) is 29.8 Å². The van der Waals surface area contributed by atoms with Crippen LogP contribution >= 0.6 is 0 Å². The van der Waals surface area contributed by atoms with Gasteiger partial charge in [-0.25, -0.2) is 0 Å². The average molecular weight is 332 g/mol. The summed E-state index contributed by atoms with van der Waals surface area (Å²) in [5.74, 6) is 1.17. The fraction of sp³-hybridized carbons (Fsp3) is 0.579. The highest BCUT2D eigenvalue weighted by Gasteiger charge is 2.31. The molecule has 0 aromatic heterocycles. The number of nitrogens with one attached hydrogen (secondary N) is 1. The summed E-state index contributed by atoms with van der Waals surface area (Å²) in [6.45, 7) is 5.20. The summed E-state index contributed by atoms with van der Waals surface area (Å²) in [4.78, 5) is 26.9. The molecular formula is C19H28N2O3. The second-order valence-electron chi connectivity index (χ2n) is 6.77. The molecule has 1 aliphatic rings. The van der Waals surface area contributed by atoms with Crippen molar-refractivity contribution in [2.75, 3.05) is 13.7 Å². The van der Waals surface area contributed by atoms with Gasteiger partial charge in [-0.3, -0.25) is 9.59 Å². The van der Waals surface area contributed by atoms with E-state index in [1.165, 1.54) is 0 Å². The van der Waals surface area contributed by atoms with Gasteiger partial charge in [0.25, 0.3) is 0 Å². The summed E-state index contributed by atoms with van der Waals surface area (Å²) >= 11 is 0. The first-order valence-electron chi connectivity index (χ1n) is 8.71. The van der Waals surface area contributed by atoms with Crippen LogP contribution in [-0.2, 0) is 16.1 Å². The van der Waals surface area contributed by atoms with Crippen LogP contribution in [0.3, 0.4) is 0 Å². The molecule has 132 valence electrons. The number of nitrogens with zero attached hydrogens (tertiary/aromatic N) is 1. The summed E-state index contributed by atoms with van der Waals surface area (Å²) in [5, 5.41) is 2.98. The van der Waals surface area contributed by atoms with E-state index in [4.69, 9.17) is 4.74 Å². The maximum Gasteiger partial charge on any atom is 0.242 e. The molecule has 2 amide bonds. The molecule has 5 heteroatoms. The highest BCUT2D eigenvalue weighted by atomic mass is 16.5. The van der Waals surface area contributed by atoms with Crippen molar-refractivity contribution in [3.63, 3.8) is 0 Å². The molecule has 1 saturated heterocycles. The summed E-state index contributed by atoms with van der Waals surface area (Å²) in [7, 11) is 1.62. The Bertz CT molecular complexity index is 571. The summed E-state index contributed by atoms with van der Waals surface area (Å²) in [5.41, 5.74) is 0.978. The zero-order valence-electron chi connectivity index (χ0n) is 14.9. The highest BCUT2D eigenvalue weighted by molar-refractivity contribution is 5.88. The minimum atomic E-state index is -0.384. The molecule has 1 fully saturated rings. The molecule has 1 atom stereocenters. The molecule has 0 radical (unpaired) electrons. The van der Waals surface area contributed by atoms with Crippen molar-refractivity contribution in [1.82, 2.24) is 10.2 Å². The third-order valence-electron chi connectivity index (χ3n) is 4.29. The van der Waals surface area contributed by atoms with E-state index in [1.807, 2.05) is 24.3 Å². The number of carbonyl (C=O) groups is 2. The zero-order chi connectivity index (χ0) is 17.5. The van der Waals surface area contributed by atoms with Crippen molar-refractivity contribution in [2.24, 2.45) is 5.92 Å². The van der Waals surface area contributed by atoms with Crippen LogP contribution in [0.1, 0.15) is 45.1 Å². The van der Waals surface area contributed by atoms with Gasteiger partial charge in [0.2, 0.25) is 11.8 Å². The minimum absolute atomic E-state index is 0.0400. The first-order chi connectivity index (χ1) is 11.5. The van der Waals surface area contributed by atoms with Gasteiger partial charge in [0.15, 0.2) is 0 Å². The topological polar surface area (TPSA) is 58.6 Å². The van der Waals surface area contributed by atoms with Crippen LogP contribution in [0.5, 0.6) is 5.75 Å². The quantitative estimate of drug-likeness (QED) is 0.871. The standard InChI is InChI=1S/C19H28N2O3/c1-14(2)12-20-19(23)17-9-4-5-10-18(22)21(17)13-15-7-6-8-16(11-15)24-3/h6-8,11,14,17H,4-5,9-10,12-13H2,1-3H3,(H,20,23)/t17-/m0/s1. The fourth-order valence-corrected chi connectivity index (χ4v) is 2.95. The lowest BCUT2D eigenvalue weighted by Crippen LogP contribution is -2.48. The van der Waals surface area contributed by atoms with E-state index in [2.05, 4.69) is 19.2 Å². The molecule has 0 spiro atoms. The molecule has 0 bridgehead atoms. The lowest BCUT2D eigenvalue weighted by atomic mass is 10.1. The number of carbonyl (C=O) groups excluding carboxylic acids is 2. The first-order valence-corrected chi connectivity index (χ1v) is 8.71. The lowest BCUT2D eigenvalue weighted by molar-refractivity contribution is -0.140. The van der Waals surface area contributed by atoms with Gasteiger partial charge in [-0.05, 0) is 36.5 Å². The Morgan fingerprint density at radius 1 is 1.38 bits per heavy atom. The maximum absolute atomic E-state index is 12.6. The van der Waals surface area contributed by atoms with Crippen molar-refractivity contribution in [2.45, 2.75) is 52.1 Å². The van der Waals surface area contributed by atoms with E-state index in [-0.39, 0.29) is 17.9 Å². The van der Waals surface area contributed by atoms with E-state index >= 15 is 0 Å². The zero-order valence-corrected chi connectivity index (χ0v) is 14.9. The number of hydrogen-bond acceptors (Lipinski definition) is 3. The Hall–Kier alpha value is -2.04. The molecule has 1 aromatic rings. The van der Waals surface area contributed by atoms with Crippen molar-refractivity contribution >= 4 is 11.8 Å². The van der Waals surface area contributed by atoms with Crippen LogP contribution < -0.4 is 10.1 Å². The monoisotopic (exact) mass is 332 g/mol. The summed E-state index contributed by atoms with van der Waals surface area (Å²) in [6, 6.07) is 7.28.